The van der Waals surface area contributed by atoms with Crippen molar-refractivity contribution >= 4 is 0 Å². The summed E-state index contributed by atoms with van der Waals surface area (Å²) in [5.41, 5.74) is -6.92. The van der Waals surface area contributed by atoms with Crippen LogP contribution < -0.4 is 0 Å². The van der Waals surface area contributed by atoms with Gasteiger partial charge in [-0.05, 0) is 289 Å². The third-order valence-corrected chi connectivity index (χ3v) is 16.0. The Balaban J connectivity index is 4.47. The quantitative estimate of drug-likeness (QED) is 0.0255. The van der Waals surface area contributed by atoms with Crippen LogP contribution in [0, 0.1) is 0 Å². The molecule has 0 bridgehead atoms. The fourth-order valence-corrected chi connectivity index (χ4v) is 10.4. The molecule has 12 nitrogen and oxygen atoms in total. The molecule has 0 spiro atoms. The Bertz CT molecular complexity index is 1500. The molecule has 0 aliphatic carbocycles. The molecule has 0 amide bonds. The van der Waals surface area contributed by atoms with Crippen molar-refractivity contribution in [3.63, 3.8) is 0 Å². The Morgan fingerprint density at radius 2 is 0.528 bits per heavy atom. The van der Waals surface area contributed by atoms with Crippen molar-refractivity contribution in [2.45, 2.75) is 351 Å². The van der Waals surface area contributed by atoms with Gasteiger partial charge in [0.05, 0.1) is 62.6 Å². The fraction of sp³-hybridized carbons (Fsp3) is 0.933. The van der Waals surface area contributed by atoms with Gasteiger partial charge in [-0.1, -0.05) is 23.3 Å². The number of allylic oxidation sites excluding steroid dienone is 4. The van der Waals surface area contributed by atoms with Crippen molar-refractivity contribution in [2.75, 3.05) is 6.61 Å². The van der Waals surface area contributed by atoms with Crippen molar-refractivity contribution in [2.24, 2.45) is 0 Å². The third-order valence-electron chi connectivity index (χ3n) is 16.0. The Kier molecular flexibility index (Phi) is 31.6. The number of aliphatic hydroxyl groups excluding tert-OH is 2. The van der Waals surface area contributed by atoms with Gasteiger partial charge in [0.2, 0.25) is 0 Å². The molecule has 430 valence electrons. The summed E-state index contributed by atoms with van der Waals surface area (Å²) in [6.45, 7) is 23.6. The van der Waals surface area contributed by atoms with E-state index in [1.54, 1.807) is 0 Å². The second kappa shape index (κ2) is 32.0. The summed E-state index contributed by atoms with van der Waals surface area (Å²) in [6, 6.07) is 0. The highest BCUT2D eigenvalue weighted by atomic mass is 16.4. The summed E-state index contributed by atoms with van der Waals surface area (Å²) < 4.78 is 0. The maximum atomic E-state index is 11.2. The topological polar surface area (TPSA) is 243 Å². The molecule has 0 aromatic heterocycles. The fourth-order valence-electron chi connectivity index (χ4n) is 10.4. The summed E-state index contributed by atoms with van der Waals surface area (Å²) in [7, 11) is 0. The number of hydrogen-bond acceptors (Lipinski definition) is 12. The van der Waals surface area contributed by atoms with Gasteiger partial charge in [0.1, 0.15) is 6.10 Å². The molecule has 0 aromatic rings. The normalized spacial score (nSPS) is 21.5. The van der Waals surface area contributed by atoms with E-state index < -0.39 is 68.7 Å². The van der Waals surface area contributed by atoms with Crippen LogP contribution in [0.2, 0.25) is 0 Å². The monoisotopic (exact) mass is 1030 g/mol. The van der Waals surface area contributed by atoms with Gasteiger partial charge in [-0.25, -0.2) is 0 Å². The summed E-state index contributed by atoms with van der Waals surface area (Å²) >= 11 is 0. The molecule has 11 atom stereocenters. The van der Waals surface area contributed by atoms with E-state index in [0.29, 0.717) is 173 Å². The molecule has 11 unspecified atom stereocenters. The summed E-state index contributed by atoms with van der Waals surface area (Å²) in [5.74, 6) is 0. The molecule has 0 heterocycles. The average Bonchev–Trinajstić information content (AvgIpc) is 3.18. The highest BCUT2D eigenvalue weighted by Crippen LogP contribution is 2.34. The molecule has 0 fully saturated rings. The van der Waals surface area contributed by atoms with Gasteiger partial charge in [-0.15, -0.1) is 0 Å². The predicted molar refractivity (Wildman–Crippen MR) is 296 cm³/mol. The first-order valence-electron chi connectivity index (χ1n) is 28.5. The van der Waals surface area contributed by atoms with E-state index >= 15 is 0 Å². The Morgan fingerprint density at radius 3 is 0.750 bits per heavy atom. The molecule has 12 heteroatoms. The van der Waals surface area contributed by atoms with Crippen LogP contribution in [0.25, 0.3) is 0 Å². The van der Waals surface area contributed by atoms with Crippen molar-refractivity contribution in [1.29, 1.82) is 0 Å². The van der Waals surface area contributed by atoms with Gasteiger partial charge < -0.3 is 61.3 Å². The highest BCUT2D eigenvalue weighted by Gasteiger charge is 2.32. The van der Waals surface area contributed by atoms with Gasteiger partial charge >= 0.3 is 0 Å². The van der Waals surface area contributed by atoms with E-state index in [1.165, 1.54) is 12.5 Å². The summed E-state index contributed by atoms with van der Waals surface area (Å²) in [5, 5.41) is 129. The second-order valence-electron chi connectivity index (χ2n) is 26.6. The maximum Gasteiger partial charge on any atom is 0.105 e. The lowest BCUT2D eigenvalue weighted by molar-refractivity contribution is -0.0866. The summed E-state index contributed by atoms with van der Waals surface area (Å²) in [4.78, 5) is 0. The first kappa shape index (κ1) is 71.0. The molecular formula is C60H118O12. The minimum Gasteiger partial charge on any atom is -0.394 e. The van der Waals surface area contributed by atoms with E-state index in [1.807, 2.05) is 75.3 Å². The van der Waals surface area contributed by atoms with Gasteiger partial charge in [0.25, 0.3) is 0 Å². The molecule has 0 saturated heterocycles. The maximum absolute atomic E-state index is 11.2. The van der Waals surface area contributed by atoms with Crippen molar-refractivity contribution in [3.05, 3.63) is 23.3 Å². The summed E-state index contributed by atoms with van der Waals surface area (Å²) in [6.07, 6.45) is 21.8. The van der Waals surface area contributed by atoms with Crippen molar-refractivity contribution in [3.8, 4) is 0 Å². The van der Waals surface area contributed by atoms with Crippen molar-refractivity contribution in [1.82, 2.24) is 0 Å². The van der Waals surface area contributed by atoms with Gasteiger partial charge in [0, 0.05) is 0 Å². The van der Waals surface area contributed by atoms with E-state index in [0.717, 1.165) is 31.3 Å². The molecule has 0 rings (SSSR count). The van der Waals surface area contributed by atoms with Gasteiger partial charge in [-0.2, -0.15) is 0 Å². The zero-order valence-electron chi connectivity index (χ0n) is 48.7. The molecule has 0 saturated carbocycles. The first-order chi connectivity index (χ1) is 32.7. The number of hydrogen-bond donors (Lipinski definition) is 12. The van der Waals surface area contributed by atoms with E-state index in [2.05, 4.69) is 19.9 Å². The van der Waals surface area contributed by atoms with Crippen LogP contribution in [-0.2, 0) is 0 Å². The lowest BCUT2D eigenvalue weighted by Crippen LogP contribution is -2.41. The molecular weight excluding hydrogens is 913 g/mol. The zero-order valence-corrected chi connectivity index (χ0v) is 48.7. The van der Waals surface area contributed by atoms with Crippen LogP contribution in [0.3, 0.4) is 0 Å². The standard InChI is InChI=1S/C60H118O12/c1-48(2)25-14-28-51(4,63)30-17-32-53(6,65)34-19-36-55(8,67)38-21-40-57(10,69)42-23-44-59(12,71)45-24-43-58(11,70)41-22-39-56(9,68)37-20-35-54(7,66)33-18-31-52(5,64)29-15-26-49(3)27-16-46-60(13,72)50(62)47-61/h25,27,50,61-72H,14-24,26,28-47H2,1-13H3. The SMILES string of the molecule is CC(C)=CCCC(C)(O)CCCC(C)(O)CCCC(C)(O)CCCC(C)(O)CCCC(C)(O)CCCC(C)(O)CCCC(C)(O)CCCC(C)(O)CCCC(C)(O)CCCC(C)=CCCC(C)(O)C(O)CO. The van der Waals surface area contributed by atoms with Crippen LogP contribution in [0.4, 0.5) is 0 Å². The highest BCUT2D eigenvalue weighted by molar-refractivity contribution is 5.00. The van der Waals surface area contributed by atoms with Gasteiger partial charge in [0.15, 0.2) is 0 Å². The Morgan fingerprint density at radius 1 is 0.319 bits per heavy atom. The van der Waals surface area contributed by atoms with Crippen LogP contribution in [-0.4, -0.2) is 130 Å². The van der Waals surface area contributed by atoms with Crippen LogP contribution in [0.1, 0.15) is 289 Å². The molecule has 12 N–H and O–H groups in total. The largest absolute Gasteiger partial charge is 0.394 e. The first-order valence-corrected chi connectivity index (χ1v) is 28.5. The van der Waals surface area contributed by atoms with Crippen LogP contribution in [0.15, 0.2) is 23.3 Å². The Hall–Kier alpha value is -1.00. The lowest BCUT2D eigenvalue weighted by atomic mass is 9.83. The number of aliphatic hydroxyl groups is 12. The zero-order chi connectivity index (χ0) is 55.8. The predicted octanol–water partition coefficient (Wildman–Crippen LogP) is 10.9. The molecule has 0 aliphatic heterocycles. The van der Waals surface area contributed by atoms with Crippen LogP contribution in [0.5, 0.6) is 0 Å². The van der Waals surface area contributed by atoms with Gasteiger partial charge in [-0.3, -0.25) is 0 Å². The van der Waals surface area contributed by atoms with E-state index in [4.69, 9.17) is 5.11 Å². The van der Waals surface area contributed by atoms with E-state index in [-0.39, 0.29) is 0 Å². The third kappa shape index (κ3) is 37.7. The lowest BCUT2D eigenvalue weighted by Gasteiger charge is -2.31. The number of rotatable bonds is 44. The van der Waals surface area contributed by atoms with Crippen LogP contribution >= 0.6 is 0 Å². The molecule has 0 aliphatic rings. The minimum absolute atomic E-state index is 0.341. The molecule has 72 heavy (non-hydrogen) atoms. The van der Waals surface area contributed by atoms with Crippen molar-refractivity contribution < 1.29 is 61.3 Å². The Labute approximate surface area is 440 Å². The molecule has 0 radical (unpaired) electrons. The average molecular weight is 1030 g/mol. The van der Waals surface area contributed by atoms with E-state index in [9.17, 15) is 56.2 Å². The second-order valence-corrected chi connectivity index (χ2v) is 26.6. The molecule has 0 aromatic carbocycles. The minimum atomic E-state index is -1.34. The smallest absolute Gasteiger partial charge is 0.105 e.